The normalized spacial score (nSPS) is 22.7. The molecule has 3 aromatic rings. The fourth-order valence-electron chi connectivity index (χ4n) is 6.22. The minimum atomic E-state index is -0.494. The fourth-order valence-corrected chi connectivity index (χ4v) is 6.22. The van der Waals surface area contributed by atoms with Crippen LogP contribution in [0.1, 0.15) is 18.1 Å². The van der Waals surface area contributed by atoms with Crippen LogP contribution in [0.5, 0.6) is 17.2 Å². The number of fused-ring (bicyclic) bond motifs is 5. The maximum absolute atomic E-state index is 13.8. The quantitative estimate of drug-likeness (QED) is 0.195. The zero-order chi connectivity index (χ0) is 27.3. The molecule has 1 heterocycles. The molecule has 1 saturated carbocycles. The Kier molecular flexibility index (Phi) is 6.06. The summed E-state index contributed by atoms with van der Waals surface area (Å²) in [5, 5.41) is 0. The van der Waals surface area contributed by atoms with Gasteiger partial charge in [0.25, 0.3) is 0 Å². The lowest BCUT2D eigenvalue weighted by Crippen LogP contribution is -2.33. The third-order valence-corrected chi connectivity index (χ3v) is 7.80. The summed E-state index contributed by atoms with van der Waals surface area (Å²) in [5.41, 5.74) is 4.48. The molecule has 2 amide bonds. The van der Waals surface area contributed by atoms with E-state index in [2.05, 4.69) is 12.2 Å². The Morgan fingerprint density at radius 1 is 0.718 bits per heavy atom. The predicted molar refractivity (Wildman–Crippen MR) is 145 cm³/mol. The lowest BCUT2D eigenvalue weighted by molar-refractivity contribution is -0.132. The first-order valence-corrected chi connectivity index (χ1v) is 12.8. The van der Waals surface area contributed by atoms with Gasteiger partial charge in [-0.25, -0.2) is 4.90 Å². The van der Waals surface area contributed by atoms with Crippen molar-refractivity contribution in [2.24, 2.45) is 23.7 Å². The number of allylic oxidation sites excluding steroid dienone is 3. The number of anilines is 1. The van der Waals surface area contributed by atoms with Gasteiger partial charge in [-0.15, -0.1) is 0 Å². The number of amides is 2. The van der Waals surface area contributed by atoms with E-state index in [0.717, 1.165) is 33.8 Å². The maximum atomic E-state index is 13.8. The summed E-state index contributed by atoms with van der Waals surface area (Å²) in [4.78, 5) is 40.4. The Bertz CT molecular complexity index is 1450. The van der Waals surface area contributed by atoms with E-state index in [9.17, 15) is 14.4 Å². The van der Waals surface area contributed by atoms with Crippen molar-refractivity contribution >= 4 is 29.0 Å². The van der Waals surface area contributed by atoms with Crippen molar-refractivity contribution in [1.82, 2.24) is 0 Å². The molecule has 4 atom stereocenters. The van der Waals surface area contributed by atoms with Crippen molar-refractivity contribution in [3.05, 3.63) is 102 Å². The summed E-state index contributed by atoms with van der Waals surface area (Å²) >= 11 is 0. The highest BCUT2D eigenvalue weighted by Gasteiger charge is 2.62. The monoisotopic (exact) mass is 521 g/mol. The Hall–Kier alpha value is -4.65. The minimum Gasteiger partial charge on any atom is -0.497 e. The van der Waals surface area contributed by atoms with Gasteiger partial charge in [-0.05, 0) is 58.7 Å². The Morgan fingerprint density at radius 3 is 1.69 bits per heavy atom. The van der Waals surface area contributed by atoms with Crippen LogP contribution in [0.2, 0.25) is 0 Å². The fraction of sp³-hybridized carbons (Fsp3) is 0.219. The number of carbonyl (C=O) groups excluding carboxylic acids is 3. The maximum Gasteiger partial charge on any atom is 0.308 e. The van der Waals surface area contributed by atoms with Crippen LogP contribution in [0.3, 0.4) is 0 Å². The van der Waals surface area contributed by atoms with E-state index in [4.69, 9.17) is 14.2 Å². The number of hydrogen-bond donors (Lipinski definition) is 0. The van der Waals surface area contributed by atoms with E-state index < -0.39 is 17.8 Å². The van der Waals surface area contributed by atoms with Crippen molar-refractivity contribution in [2.75, 3.05) is 19.1 Å². The highest BCUT2D eigenvalue weighted by molar-refractivity contribution is 6.23. The summed E-state index contributed by atoms with van der Waals surface area (Å²) in [7, 11) is 3.26. The van der Waals surface area contributed by atoms with Gasteiger partial charge in [-0.2, -0.15) is 0 Å². The molecule has 3 aliphatic rings. The Balaban J connectivity index is 1.43. The summed E-state index contributed by atoms with van der Waals surface area (Å²) in [6.45, 7) is 1.31. The molecule has 0 aromatic heterocycles. The van der Waals surface area contributed by atoms with Gasteiger partial charge < -0.3 is 14.2 Å². The van der Waals surface area contributed by atoms with Gasteiger partial charge >= 0.3 is 5.97 Å². The standard InChI is InChI=1S/C32H27NO6/c1-18(34)39-24-6-4-5-21(17-24)33-31(35)29-25-15-16-26(30(29)32(33)36)28(25)27(19-7-11-22(37-2)12-8-19)20-9-13-23(38-3)14-10-20/h4-17,25-26,29-30H,1-3H3/t25-,26-,29+,30+/m1/s1. The molecule has 0 radical (unpaired) electrons. The molecular weight excluding hydrogens is 494 g/mol. The van der Waals surface area contributed by atoms with E-state index in [1.165, 1.54) is 11.8 Å². The largest absolute Gasteiger partial charge is 0.497 e. The van der Waals surface area contributed by atoms with Crippen LogP contribution >= 0.6 is 0 Å². The first kappa shape index (κ1) is 24.7. The molecule has 39 heavy (non-hydrogen) atoms. The molecule has 2 aliphatic carbocycles. The summed E-state index contributed by atoms with van der Waals surface area (Å²) in [5.74, 6) is -0.553. The SMILES string of the molecule is COc1ccc(C(=C2[C@H]3C=C[C@H]2[C@@H]2C(=O)N(c4cccc(OC(C)=O)c4)C(=O)[C@H]23)c2ccc(OC)cc2)cc1. The molecular formula is C32H27NO6. The predicted octanol–water partition coefficient (Wildman–Crippen LogP) is 5.05. The molecule has 196 valence electrons. The van der Waals surface area contributed by atoms with E-state index >= 15 is 0 Å². The number of carbonyl (C=O) groups is 3. The third-order valence-electron chi connectivity index (χ3n) is 7.80. The smallest absolute Gasteiger partial charge is 0.308 e. The highest BCUT2D eigenvalue weighted by Crippen LogP contribution is 2.59. The zero-order valence-electron chi connectivity index (χ0n) is 21.8. The topological polar surface area (TPSA) is 82.1 Å². The van der Waals surface area contributed by atoms with Gasteiger partial charge in [0.2, 0.25) is 11.8 Å². The molecule has 7 heteroatoms. The van der Waals surface area contributed by atoms with Gasteiger partial charge in [-0.1, -0.05) is 42.5 Å². The summed E-state index contributed by atoms with van der Waals surface area (Å²) in [6, 6.07) is 22.2. The van der Waals surface area contributed by atoms with Crippen LogP contribution in [-0.4, -0.2) is 32.0 Å². The number of nitrogens with zero attached hydrogens (tertiary/aromatic N) is 1. The molecule has 7 nitrogen and oxygen atoms in total. The molecule has 3 aromatic carbocycles. The number of esters is 1. The van der Waals surface area contributed by atoms with Crippen molar-refractivity contribution in [3.8, 4) is 17.2 Å². The second kappa shape index (κ2) is 9.58. The number of methoxy groups -OCH3 is 2. The molecule has 6 rings (SSSR count). The molecule has 0 N–H and O–H groups in total. The van der Waals surface area contributed by atoms with Crippen LogP contribution in [0.15, 0.2) is 90.5 Å². The van der Waals surface area contributed by atoms with Gasteiger partial charge in [-0.3, -0.25) is 14.4 Å². The van der Waals surface area contributed by atoms with Gasteiger partial charge in [0, 0.05) is 24.8 Å². The number of ether oxygens (including phenoxy) is 3. The van der Waals surface area contributed by atoms with Gasteiger partial charge in [0.1, 0.15) is 17.2 Å². The molecule has 0 spiro atoms. The van der Waals surface area contributed by atoms with Crippen molar-refractivity contribution in [1.29, 1.82) is 0 Å². The Labute approximate surface area is 226 Å². The van der Waals surface area contributed by atoms with Crippen LogP contribution in [0, 0.1) is 23.7 Å². The average molecular weight is 522 g/mol. The number of benzene rings is 3. The van der Waals surface area contributed by atoms with Crippen LogP contribution in [0.25, 0.3) is 5.57 Å². The zero-order valence-corrected chi connectivity index (χ0v) is 21.8. The highest BCUT2D eigenvalue weighted by atomic mass is 16.5. The molecule has 2 fully saturated rings. The van der Waals surface area contributed by atoms with E-state index in [-0.39, 0.29) is 23.7 Å². The van der Waals surface area contributed by atoms with Gasteiger partial charge in [0.15, 0.2) is 0 Å². The van der Waals surface area contributed by atoms with E-state index in [0.29, 0.717) is 11.4 Å². The Morgan fingerprint density at radius 2 is 1.23 bits per heavy atom. The second-order valence-corrected chi connectivity index (χ2v) is 9.88. The number of rotatable bonds is 6. The molecule has 0 unspecified atom stereocenters. The molecule has 1 saturated heterocycles. The van der Waals surface area contributed by atoms with Crippen molar-refractivity contribution < 1.29 is 28.6 Å². The average Bonchev–Trinajstić information content (AvgIpc) is 3.58. The third kappa shape index (κ3) is 4.02. The number of hydrogen-bond acceptors (Lipinski definition) is 6. The molecule has 2 bridgehead atoms. The minimum absolute atomic E-state index is 0.211. The van der Waals surface area contributed by atoms with Crippen molar-refractivity contribution in [3.63, 3.8) is 0 Å². The van der Waals surface area contributed by atoms with Gasteiger partial charge in [0.05, 0.1) is 31.7 Å². The second-order valence-electron chi connectivity index (χ2n) is 9.88. The molecule has 1 aliphatic heterocycles. The summed E-state index contributed by atoms with van der Waals surface area (Å²) < 4.78 is 15.9. The van der Waals surface area contributed by atoms with E-state index in [1.54, 1.807) is 38.5 Å². The lowest BCUT2D eigenvalue weighted by atomic mass is 9.85. The van der Waals surface area contributed by atoms with Crippen LogP contribution < -0.4 is 19.1 Å². The van der Waals surface area contributed by atoms with Crippen LogP contribution in [-0.2, 0) is 14.4 Å². The number of imide groups is 1. The van der Waals surface area contributed by atoms with Crippen LogP contribution in [0.4, 0.5) is 5.69 Å². The first-order chi connectivity index (χ1) is 18.9. The van der Waals surface area contributed by atoms with E-state index in [1.807, 2.05) is 48.5 Å². The first-order valence-electron chi connectivity index (χ1n) is 12.8. The lowest BCUT2D eigenvalue weighted by Gasteiger charge is -2.22. The van der Waals surface area contributed by atoms with Crippen molar-refractivity contribution in [2.45, 2.75) is 6.92 Å². The summed E-state index contributed by atoms with van der Waals surface area (Å²) in [6.07, 6.45) is 4.14.